The van der Waals surface area contributed by atoms with Gasteiger partial charge in [-0.15, -0.1) is 0 Å². The van der Waals surface area contributed by atoms with Gasteiger partial charge in [-0.1, -0.05) is 29.8 Å². The molecule has 4 aromatic rings. The maximum absolute atomic E-state index is 14.4. The molecule has 1 fully saturated rings. The van der Waals surface area contributed by atoms with Crippen LogP contribution in [0.1, 0.15) is 5.69 Å². The first-order valence-corrected chi connectivity index (χ1v) is 10.5. The van der Waals surface area contributed by atoms with Gasteiger partial charge in [0.25, 0.3) is 0 Å². The molecule has 2 aromatic carbocycles. The molecule has 5 rings (SSSR count). The van der Waals surface area contributed by atoms with Gasteiger partial charge in [0.1, 0.15) is 17.3 Å². The first-order chi connectivity index (χ1) is 15.1. The topological polar surface area (TPSA) is 29.8 Å². The van der Waals surface area contributed by atoms with Crippen molar-refractivity contribution < 1.29 is 13.5 Å². The summed E-state index contributed by atoms with van der Waals surface area (Å²) in [6.45, 7) is 3.63. The standard InChI is InChI=1S/C24H20ClF2N3O/c25-18-7-4-16(5-8-18)24-21(15-29-10-12-31-13-11-29)30-14-17(6-9-22(30)28-24)23-19(26)2-1-3-20(23)27/h1-9,14H,10-13,15H2. The van der Waals surface area contributed by atoms with Crippen molar-refractivity contribution in [2.24, 2.45) is 0 Å². The lowest BCUT2D eigenvalue weighted by atomic mass is 10.1. The van der Waals surface area contributed by atoms with E-state index in [1.165, 1.54) is 18.2 Å². The van der Waals surface area contributed by atoms with Crippen molar-refractivity contribution in [1.82, 2.24) is 14.3 Å². The fourth-order valence-corrected chi connectivity index (χ4v) is 4.10. The van der Waals surface area contributed by atoms with Gasteiger partial charge in [-0.25, -0.2) is 13.8 Å². The Labute approximate surface area is 183 Å². The number of benzene rings is 2. The van der Waals surface area contributed by atoms with E-state index in [1.54, 1.807) is 18.3 Å². The highest BCUT2D eigenvalue weighted by Crippen LogP contribution is 2.31. The molecule has 1 aliphatic rings. The van der Waals surface area contributed by atoms with Gasteiger partial charge in [0.2, 0.25) is 0 Å². The summed E-state index contributed by atoms with van der Waals surface area (Å²) in [6.07, 6.45) is 1.76. The molecule has 0 aliphatic carbocycles. The van der Waals surface area contributed by atoms with Crippen molar-refractivity contribution in [3.8, 4) is 22.4 Å². The summed E-state index contributed by atoms with van der Waals surface area (Å²) in [5.41, 5.74) is 3.87. The van der Waals surface area contributed by atoms with Crippen molar-refractivity contribution in [2.45, 2.75) is 6.54 Å². The van der Waals surface area contributed by atoms with E-state index in [-0.39, 0.29) is 5.56 Å². The number of hydrogen-bond acceptors (Lipinski definition) is 3. The molecule has 7 heteroatoms. The molecule has 1 saturated heterocycles. The van der Waals surface area contributed by atoms with E-state index in [9.17, 15) is 8.78 Å². The summed E-state index contributed by atoms with van der Waals surface area (Å²) >= 11 is 6.07. The molecule has 2 aromatic heterocycles. The zero-order valence-corrected chi connectivity index (χ0v) is 17.4. The second-order valence-electron chi connectivity index (χ2n) is 7.55. The lowest BCUT2D eigenvalue weighted by molar-refractivity contribution is 0.0336. The number of hydrogen-bond donors (Lipinski definition) is 0. The minimum Gasteiger partial charge on any atom is -0.379 e. The van der Waals surface area contributed by atoms with Gasteiger partial charge in [-0.2, -0.15) is 0 Å². The Morgan fingerprint density at radius 2 is 1.58 bits per heavy atom. The fraction of sp³-hybridized carbons (Fsp3) is 0.208. The first-order valence-electron chi connectivity index (χ1n) is 10.1. The summed E-state index contributed by atoms with van der Waals surface area (Å²) in [4.78, 5) is 7.13. The Bertz CT molecular complexity index is 1210. The molecule has 0 amide bonds. The highest BCUT2D eigenvalue weighted by molar-refractivity contribution is 6.30. The number of imidazole rings is 1. The lowest BCUT2D eigenvalue weighted by Gasteiger charge is -2.26. The Morgan fingerprint density at radius 3 is 2.29 bits per heavy atom. The van der Waals surface area contributed by atoms with E-state index in [0.717, 1.165) is 30.0 Å². The zero-order valence-electron chi connectivity index (χ0n) is 16.7. The van der Waals surface area contributed by atoms with Gasteiger partial charge in [0.05, 0.1) is 30.2 Å². The van der Waals surface area contributed by atoms with Crippen LogP contribution in [0.4, 0.5) is 8.78 Å². The van der Waals surface area contributed by atoms with Crippen LogP contribution in [-0.4, -0.2) is 40.6 Å². The van der Waals surface area contributed by atoms with E-state index in [4.69, 9.17) is 21.3 Å². The van der Waals surface area contributed by atoms with E-state index < -0.39 is 11.6 Å². The smallest absolute Gasteiger partial charge is 0.137 e. The van der Waals surface area contributed by atoms with Crippen molar-refractivity contribution >= 4 is 17.2 Å². The summed E-state index contributed by atoms with van der Waals surface area (Å²) in [6, 6.07) is 14.9. The number of halogens is 3. The van der Waals surface area contributed by atoms with Gasteiger partial charge in [-0.3, -0.25) is 4.90 Å². The summed E-state index contributed by atoms with van der Waals surface area (Å²) in [5.74, 6) is -1.18. The number of pyridine rings is 1. The van der Waals surface area contributed by atoms with Crippen LogP contribution in [0, 0.1) is 11.6 Å². The Kier molecular flexibility index (Phi) is 5.44. The zero-order chi connectivity index (χ0) is 21.4. The molecule has 0 bridgehead atoms. The monoisotopic (exact) mass is 439 g/mol. The maximum Gasteiger partial charge on any atom is 0.137 e. The average molecular weight is 440 g/mol. The second-order valence-corrected chi connectivity index (χ2v) is 7.98. The Morgan fingerprint density at radius 1 is 0.903 bits per heavy atom. The van der Waals surface area contributed by atoms with Crippen LogP contribution in [-0.2, 0) is 11.3 Å². The minimum atomic E-state index is -0.591. The van der Waals surface area contributed by atoms with Crippen LogP contribution in [0.3, 0.4) is 0 Å². The normalized spacial score (nSPS) is 14.9. The van der Waals surface area contributed by atoms with Gasteiger partial charge in [0, 0.05) is 42.0 Å². The molecule has 31 heavy (non-hydrogen) atoms. The third-order valence-corrected chi connectivity index (χ3v) is 5.82. The van der Waals surface area contributed by atoms with Crippen LogP contribution < -0.4 is 0 Å². The molecular formula is C24H20ClF2N3O. The van der Waals surface area contributed by atoms with E-state index in [1.807, 2.05) is 28.7 Å². The van der Waals surface area contributed by atoms with Crippen molar-refractivity contribution in [1.29, 1.82) is 0 Å². The molecule has 4 nitrogen and oxygen atoms in total. The third-order valence-electron chi connectivity index (χ3n) is 5.56. The van der Waals surface area contributed by atoms with Crippen LogP contribution in [0.2, 0.25) is 5.02 Å². The first kappa shape index (κ1) is 20.1. The van der Waals surface area contributed by atoms with Crippen molar-refractivity contribution in [3.05, 3.63) is 83.1 Å². The Hall–Kier alpha value is -2.80. The van der Waals surface area contributed by atoms with Crippen LogP contribution in [0.5, 0.6) is 0 Å². The van der Waals surface area contributed by atoms with Crippen molar-refractivity contribution in [3.63, 3.8) is 0 Å². The molecule has 0 N–H and O–H groups in total. The molecular weight excluding hydrogens is 420 g/mol. The predicted molar refractivity (Wildman–Crippen MR) is 117 cm³/mol. The minimum absolute atomic E-state index is 0.0385. The van der Waals surface area contributed by atoms with Gasteiger partial charge in [-0.05, 0) is 36.4 Å². The summed E-state index contributed by atoms with van der Waals surface area (Å²) in [5, 5.41) is 0.652. The molecule has 0 unspecified atom stereocenters. The quantitative estimate of drug-likeness (QED) is 0.424. The largest absolute Gasteiger partial charge is 0.379 e. The number of aromatic nitrogens is 2. The highest BCUT2D eigenvalue weighted by Gasteiger charge is 2.20. The number of rotatable bonds is 4. The fourth-order valence-electron chi connectivity index (χ4n) is 3.98. The molecule has 0 radical (unpaired) electrons. The Balaban J connectivity index is 1.67. The summed E-state index contributed by atoms with van der Waals surface area (Å²) < 4.78 is 36.2. The molecule has 0 saturated carbocycles. The van der Waals surface area contributed by atoms with Crippen LogP contribution >= 0.6 is 11.6 Å². The van der Waals surface area contributed by atoms with Crippen LogP contribution in [0.25, 0.3) is 28.0 Å². The van der Waals surface area contributed by atoms with E-state index in [0.29, 0.717) is 36.0 Å². The predicted octanol–water partition coefficient (Wildman–Crippen LogP) is 5.43. The van der Waals surface area contributed by atoms with E-state index in [2.05, 4.69) is 4.90 Å². The highest BCUT2D eigenvalue weighted by atomic mass is 35.5. The van der Waals surface area contributed by atoms with Crippen molar-refractivity contribution in [2.75, 3.05) is 26.3 Å². The third kappa shape index (κ3) is 3.94. The summed E-state index contributed by atoms with van der Waals surface area (Å²) in [7, 11) is 0. The SMILES string of the molecule is Fc1cccc(F)c1-c1ccc2nc(-c3ccc(Cl)cc3)c(CN3CCOCC3)n2c1. The number of morpholine rings is 1. The van der Waals surface area contributed by atoms with Crippen LogP contribution in [0.15, 0.2) is 60.8 Å². The average Bonchev–Trinajstić information content (AvgIpc) is 3.13. The number of ether oxygens (including phenoxy) is 1. The number of nitrogens with zero attached hydrogens (tertiary/aromatic N) is 3. The molecule has 0 atom stereocenters. The lowest BCUT2D eigenvalue weighted by Crippen LogP contribution is -2.36. The second kappa shape index (κ2) is 8.38. The van der Waals surface area contributed by atoms with Gasteiger partial charge < -0.3 is 9.14 Å². The van der Waals surface area contributed by atoms with Gasteiger partial charge >= 0.3 is 0 Å². The maximum atomic E-state index is 14.4. The molecule has 0 spiro atoms. The molecule has 3 heterocycles. The number of fused-ring (bicyclic) bond motifs is 1. The molecule has 1 aliphatic heterocycles. The molecule has 158 valence electrons. The van der Waals surface area contributed by atoms with E-state index >= 15 is 0 Å². The van der Waals surface area contributed by atoms with Gasteiger partial charge in [0.15, 0.2) is 0 Å².